The Hall–Kier alpha value is -2.29. The molecule has 0 radical (unpaired) electrons. The van der Waals surface area contributed by atoms with Crippen molar-refractivity contribution in [3.63, 3.8) is 0 Å². The molecule has 0 atom stereocenters. The molecule has 0 heterocycles. The van der Waals surface area contributed by atoms with E-state index in [9.17, 15) is 10.1 Å². The van der Waals surface area contributed by atoms with E-state index in [0.717, 1.165) is 0 Å². The summed E-state index contributed by atoms with van der Waals surface area (Å²) >= 11 is 0. The highest BCUT2D eigenvalue weighted by Crippen LogP contribution is 2.29. The third-order valence-electron chi connectivity index (χ3n) is 1.94. The first-order valence-corrected chi connectivity index (χ1v) is 4.62. The highest BCUT2D eigenvalue weighted by atomic mass is 16.6. The van der Waals surface area contributed by atoms with Crippen LogP contribution in [0, 0.1) is 21.4 Å². The summed E-state index contributed by atoms with van der Waals surface area (Å²) in [6.45, 7) is 0.458. The zero-order valence-electron chi connectivity index (χ0n) is 8.77. The molecule has 1 rings (SSSR count). The quantitative estimate of drug-likeness (QED) is 0.466. The van der Waals surface area contributed by atoms with E-state index in [2.05, 4.69) is 5.32 Å². The first kappa shape index (κ1) is 11.8. The monoisotopic (exact) mass is 221 g/mol. The van der Waals surface area contributed by atoms with E-state index in [1.54, 1.807) is 6.07 Å². The lowest BCUT2D eigenvalue weighted by Gasteiger charge is -2.06. The smallest absolute Gasteiger partial charge is 0.312 e. The number of nitrogens with zero attached hydrogens (tertiary/aromatic N) is 2. The van der Waals surface area contributed by atoms with E-state index in [1.165, 1.54) is 19.2 Å². The van der Waals surface area contributed by atoms with Gasteiger partial charge in [0.05, 0.1) is 24.5 Å². The van der Waals surface area contributed by atoms with Crippen LogP contribution in [0.3, 0.4) is 0 Å². The predicted octanol–water partition coefficient (Wildman–Crippen LogP) is 1.93. The molecule has 0 saturated heterocycles. The van der Waals surface area contributed by atoms with Gasteiger partial charge in [-0.05, 0) is 12.1 Å². The van der Waals surface area contributed by atoms with Crippen LogP contribution in [0.5, 0.6) is 5.75 Å². The molecule has 0 spiro atoms. The minimum Gasteiger partial charge on any atom is -0.490 e. The number of rotatable bonds is 5. The van der Waals surface area contributed by atoms with Crippen LogP contribution in [0.4, 0.5) is 11.4 Å². The number of nitriles is 1. The number of ether oxygens (including phenoxy) is 1. The van der Waals surface area contributed by atoms with Crippen molar-refractivity contribution >= 4 is 11.4 Å². The third kappa shape index (κ3) is 2.85. The SMILES string of the molecule is COc1ccc(NCCC#N)cc1[N+](=O)[O-]. The second-order valence-electron chi connectivity index (χ2n) is 2.98. The second kappa shape index (κ2) is 5.56. The van der Waals surface area contributed by atoms with E-state index in [-0.39, 0.29) is 11.4 Å². The molecular formula is C10H11N3O3. The summed E-state index contributed by atoms with van der Waals surface area (Å²) in [6.07, 6.45) is 0.347. The highest BCUT2D eigenvalue weighted by Gasteiger charge is 2.14. The summed E-state index contributed by atoms with van der Waals surface area (Å²) in [5.74, 6) is 0.218. The van der Waals surface area contributed by atoms with Gasteiger partial charge in [-0.2, -0.15) is 5.26 Å². The first-order chi connectivity index (χ1) is 7.69. The van der Waals surface area contributed by atoms with Crippen LogP contribution in [-0.2, 0) is 0 Å². The van der Waals surface area contributed by atoms with Crippen molar-refractivity contribution in [2.24, 2.45) is 0 Å². The van der Waals surface area contributed by atoms with E-state index in [4.69, 9.17) is 10.00 Å². The van der Waals surface area contributed by atoms with Gasteiger partial charge in [0, 0.05) is 18.3 Å². The Bertz CT molecular complexity index is 426. The molecule has 16 heavy (non-hydrogen) atoms. The first-order valence-electron chi connectivity index (χ1n) is 4.62. The summed E-state index contributed by atoms with van der Waals surface area (Å²) in [5.41, 5.74) is 0.507. The van der Waals surface area contributed by atoms with Gasteiger partial charge in [0.15, 0.2) is 5.75 Å². The van der Waals surface area contributed by atoms with E-state index < -0.39 is 4.92 Å². The van der Waals surface area contributed by atoms with Crippen molar-refractivity contribution in [1.82, 2.24) is 0 Å². The lowest BCUT2D eigenvalue weighted by atomic mass is 10.2. The Labute approximate surface area is 92.6 Å². The molecular weight excluding hydrogens is 210 g/mol. The largest absolute Gasteiger partial charge is 0.490 e. The van der Waals surface area contributed by atoms with Crippen LogP contribution in [0.25, 0.3) is 0 Å². The lowest BCUT2D eigenvalue weighted by molar-refractivity contribution is -0.385. The maximum atomic E-state index is 10.7. The minimum atomic E-state index is -0.506. The van der Waals surface area contributed by atoms with E-state index >= 15 is 0 Å². The van der Waals surface area contributed by atoms with Gasteiger partial charge in [0.2, 0.25) is 0 Å². The number of hydrogen-bond acceptors (Lipinski definition) is 5. The standard InChI is InChI=1S/C10H11N3O3/c1-16-10-4-3-8(12-6-2-5-11)7-9(10)13(14)15/h3-4,7,12H,2,6H2,1H3. The fourth-order valence-electron chi connectivity index (χ4n) is 1.21. The fraction of sp³-hybridized carbons (Fsp3) is 0.300. The number of hydrogen-bond donors (Lipinski definition) is 1. The van der Waals surface area contributed by atoms with Gasteiger partial charge in [0.1, 0.15) is 0 Å². The minimum absolute atomic E-state index is 0.0931. The zero-order valence-corrected chi connectivity index (χ0v) is 8.77. The van der Waals surface area contributed by atoms with Crippen LogP contribution in [-0.4, -0.2) is 18.6 Å². The number of nitro benzene ring substituents is 1. The van der Waals surface area contributed by atoms with Gasteiger partial charge in [-0.25, -0.2) is 0 Å². The van der Waals surface area contributed by atoms with Crippen molar-refractivity contribution in [2.75, 3.05) is 19.0 Å². The zero-order chi connectivity index (χ0) is 12.0. The van der Waals surface area contributed by atoms with Crippen molar-refractivity contribution in [1.29, 1.82) is 5.26 Å². The summed E-state index contributed by atoms with van der Waals surface area (Å²) in [4.78, 5) is 10.2. The molecule has 1 aromatic rings. The molecule has 0 unspecified atom stereocenters. The van der Waals surface area contributed by atoms with Crippen molar-refractivity contribution in [3.05, 3.63) is 28.3 Å². The summed E-state index contributed by atoms with van der Waals surface area (Å²) < 4.78 is 4.87. The van der Waals surface area contributed by atoms with Crippen LogP contribution in [0.1, 0.15) is 6.42 Å². The molecule has 6 nitrogen and oxygen atoms in total. The molecule has 0 aromatic heterocycles. The predicted molar refractivity (Wildman–Crippen MR) is 58.4 cm³/mol. The second-order valence-corrected chi connectivity index (χ2v) is 2.98. The van der Waals surface area contributed by atoms with Gasteiger partial charge < -0.3 is 10.1 Å². The van der Waals surface area contributed by atoms with Crippen LogP contribution in [0.15, 0.2) is 18.2 Å². The maximum Gasteiger partial charge on any atom is 0.312 e. The number of benzene rings is 1. The number of nitrogens with one attached hydrogen (secondary N) is 1. The topological polar surface area (TPSA) is 88.2 Å². The third-order valence-corrected chi connectivity index (χ3v) is 1.94. The van der Waals surface area contributed by atoms with E-state index in [0.29, 0.717) is 18.7 Å². The average Bonchev–Trinajstić information content (AvgIpc) is 2.29. The van der Waals surface area contributed by atoms with Crippen LogP contribution < -0.4 is 10.1 Å². The number of methoxy groups -OCH3 is 1. The van der Waals surface area contributed by atoms with Gasteiger partial charge in [0.25, 0.3) is 0 Å². The average molecular weight is 221 g/mol. The number of anilines is 1. The van der Waals surface area contributed by atoms with E-state index in [1.807, 2.05) is 6.07 Å². The molecule has 0 saturated carbocycles. The molecule has 0 amide bonds. The highest BCUT2D eigenvalue weighted by molar-refractivity contribution is 5.58. The summed E-state index contributed by atoms with van der Waals surface area (Å²) in [5, 5.41) is 22.0. The Morgan fingerprint density at radius 3 is 2.94 bits per heavy atom. The molecule has 1 aromatic carbocycles. The molecule has 0 aliphatic rings. The fourth-order valence-corrected chi connectivity index (χ4v) is 1.21. The molecule has 0 aliphatic carbocycles. The van der Waals surface area contributed by atoms with Gasteiger partial charge in [-0.1, -0.05) is 0 Å². The van der Waals surface area contributed by atoms with Crippen molar-refractivity contribution < 1.29 is 9.66 Å². The molecule has 1 N–H and O–H groups in total. The Morgan fingerprint density at radius 1 is 1.62 bits per heavy atom. The normalized spacial score (nSPS) is 9.25. The lowest BCUT2D eigenvalue weighted by Crippen LogP contribution is -2.01. The van der Waals surface area contributed by atoms with Crippen molar-refractivity contribution in [2.45, 2.75) is 6.42 Å². The van der Waals surface area contributed by atoms with Gasteiger partial charge in [-0.3, -0.25) is 10.1 Å². The van der Waals surface area contributed by atoms with Crippen LogP contribution >= 0.6 is 0 Å². The Kier molecular flexibility index (Phi) is 4.09. The molecule has 0 bridgehead atoms. The molecule has 0 fully saturated rings. The van der Waals surface area contributed by atoms with Crippen molar-refractivity contribution in [3.8, 4) is 11.8 Å². The van der Waals surface area contributed by atoms with Gasteiger partial charge >= 0.3 is 5.69 Å². The Balaban J connectivity index is 2.86. The maximum absolute atomic E-state index is 10.7. The molecule has 6 heteroatoms. The summed E-state index contributed by atoms with van der Waals surface area (Å²) in [6, 6.07) is 6.55. The summed E-state index contributed by atoms with van der Waals surface area (Å²) in [7, 11) is 1.38. The van der Waals surface area contributed by atoms with Gasteiger partial charge in [-0.15, -0.1) is 0 Å². The molecule has 84 valence electrons. The van der Waals surface area contributed by atoms with Crippen LogP contribution in [0.2, 0.25) is 0 Å². The number of nitro groups is 1. The molecule has 0 aliphatic heterocycles. The Morgan fingerprint density at radius 2 is 2.38 bits per heavy atom.